The van der Waals surface area contributed by atoms with Crippen molar-refractivity contribution in [3.05, 3.63) is 0 Å². The molecule has 0 heterocycles. The lowest BCUT2D eigenvalue weighted by Crippen LogP contribution is -2.26. The number of hydrogen-bond acceptors (Lipinski definition) is 3. The minimum Gasteiger partial charge on any atom is -0.566 e. The van der Waals surface area contributed by atoms with Gasteiger partial charge in [-0.1, -0.05) is 72.6 Å². The van der Waals surface area contributed by atoms with Crippen molar-refractivity contribution in [1.29, 1.82) is 0 Å². The monoisotopic (exact) mass is 304 g/mol. The Balaban J connectivity index is 4.60. The van der Waals surface area contributed by atoms with Crippen LogP contribution < -0.4 is 4.89 Å². The van der Waals surface area contributed by atoms with Gasteiger partial charge in [-0.25, -0.2) is 0 Å². The molecule has 4 heteroatoms. The van der Waals surface area contributed by atoms with Gasteiger partial charge in [0, 0.05) is 0 Å². The minimum atomic E-state index is -2.74. The summed E-state index contributed by atoms with van der Waals surface area (Å²) in [5.41, 5.74) is 0. The van der Waals surface area contributed by atoms with Crippen LogP contribution >= 0.6 is 8.25 Å². The average Bonchev–Trinajstić information content (AvgIpc) is 2.43. The predicted octanol–water partition coefficient (Wildman–Crippen LogP) is 5.21. The smallest absolute Gasteiger partial charge is 0.488 e. The lowest BCUT2D eigenvalue weighted by Gasteiger charge is -2.26. The zero-order chi connectivity index (χ0) is 15.4. The second-order valence-corrected chi connectivity index (χ2v) is 6.49. The van der Waals surface area contributed by atoms with Crippen LogP contribution in [0.4, 0.5) is 0 Å². The molecule has 0 saturated heterocycles. The van der Waals surface area contributed by atoms with Gasteiger partial charge in [-0.3, -0.25) is 0 Å². The molecule has 0 fully saturated rings. The zero-order valence-corrected chi connectivity index (χ0v) is 14.7. The van der Waals surface area contributed by atoms with E-state index < -0.39 is 8.25 Å². The van der Waals surface area contributed by atoms with Gasteiger partial charge in [0.05, 0.1) is 0 Å². The Morgan fingerprint density at radius 2 is 1.60 bits per heavy atom. The van der Waals surface area contributed by atoms with Gasteiger partial charge in [-0.15, -0.1) is 4.52 Å². The van der Waals surface area contributed by atoms with Crippen LogP contribution in [-0.4, -0.2) is 6.10 Å². The van der Waals surface area contributed by atoms with E-state index in [1.54, 1.807) is 0 Å². The summed E-state index contributed by atoms with van der Waals surface area (Å²) < 4.78 is 16.3. The van der Waals surface area contributed by atoms with Crippen molar-refractivity contribution in [2.24, 2.45) is 11.8 Å². The Bertz CT molecular complexity index is 246. The third kappa shape index (κ3) is 9.05. The van der Waals surface area contributed by atoms with Gasteiger partial charge >= 0.3 is 8.25 Å². The lowest BCUT2D eigenvalue weighted by atomic mass is 9.85. The molecule has 0 bridgehead atoms. The number of hydrogen-bond donors (Lipinski definition) is 0. The van der Waals surface area contributed by atoms with Gasteiger partial charge in [-0.2, -0.15) is 0 Å². The molecule has 4 atom stereocenters. The van der Waals surface area contributed by atoms with E-state index in [9.17, 15) is 9.46 Å². The molecule has 120 valence electrons. The van der Waals surface area contributed by atoms with Crippen molar-refractivity contribution in [1.82, 2.24) is 0 Å². The maximum Gasteiger partial charge on any atom is 0.488 e. The Hall–Kier alpha value is 0.0200. The van der Waals surface area contributed by atoms with E-state index in [4.69, 9.17) is 4.52 Å². The van der Waals surface area contributed by atoms with Crippen LogP contribution in [0.1, 0.15) is 85.5 Å². The quantitative estimate of drug-likeness (QED) is 0.439. The molecule has 0 aromatic rings. The van der Waals surface area contributed by atoms with Gasteiger partial charge in [0.2, 0.25) is 0 Å². The fraction of sp³-hybridized carbons (Fsp3) is 1.00. The average molecular weight is 304 g/mol. The van der Waals surface area contributed by atoms with Gasteiger partial charge in [0.15, 0.2) is 0 Å². The van der Waals surface area contributed by atoms with Crippen molar-refractivity contribution in [3.8, 4) is 0 Å². The van der Waals surface area contributed by atoms with Crippen LogP contribution in [0.2, 0.25) is 0 Å². The summed E-state index contributed by atoms with van der Waals surface area (Å²) in [5.74, 6) is 0.962. The molecule has 0 aliphatic carbocycles. The van der Waals surface area contributed by atoms with E-state index in [1.165, 1.54) is 19.3 Å². The molecule has 0 saturated carbocycles. The molecule has 20 heavy (non-hydrogen) atoms. The van der Waals surface area contributed by atoms with Crippen LogP contribution in [0.15, 0.2) is 0 Å². The topological polar surface area (TPSA) is 49.4 Å². The van der Waals surface area contributed by atoms with E-state index in [2.05, 4.69) is 27.7 Å². The van der Waals surface area contributed by atoms with Crippen molar-refractivity contribution < 1.29 is 14.0 Å². The second kappa shape index (κ2) is 12.7. The fourth-order valence-corrected chi connectivity index (χ4v) is 3.34. The van der Waals surface area contributed by atoms with Gasteiger partial charge in [0.1, 0.15) is 6.10 Å². The summed E-state index contributed by atoms with van der Waals surface area (Å²) in [5, 5.41) is 0. The van der Waals surface area contributed by atoms with Crippen molar-refractivity contribution in [2.75, 3.05) is 0 Å². The first-order valence-electron chi connectivity index (χ1n) is 8.39. The summed E-state index contributed by atoms with van der Waals surface area (Å²) in [4.78, 5) is 11.0. The minimum absolute atomic E-state index is 0.116. The van der Waals surface area contributed by atoms with Crippen LogP contribution in [0.3, 0.4) is 0 Å². The Morgan fingerprint density at radius 3 is 2.05 bits per heavy atom. The Labute approximate surface area is 126 Å². The first-order valence-corrected chi connectivity index (χ1v) is 9.49. The summed E-state index contributed by atoms with van der Waals surface area (Å²) in [7, 11) is -2.74. The molecule has 0 rings (SSSR count). The standard InChI is InChI=1S/C16H33O3P/c1-5-9-11-14(7-3)13-16(19-20(17)18)15(8-4)12-10-6-2/h14-16H,5-13H2,1-4H3. The first-order chi connectivity index (χ1) is 9.58. The maximum absolute atomic E-state index is 11.0. The molecular formula is C16H33O3P. The highest BCUT2D eigenvalue weighted by Crippen LogP contribution is 2.32. The molecule has 0 N–H and O–H groups in total. The van der Waals surface area contributed by atoms with Crippen LogP contribution in [0, 0.1) is 11.8 Å². The molecule has 4 unspecified atom stereocenters. The summed E-state index contributed by atoms with van der Waals surface area (Å²) in [6.07, 6.45) is 9.87. The summed E-state index contributed by atoms with van der Waals surface area (Å²) in [6, 6.07) is 0. The zero-order valence-electron chi connectivity index (χ0n) is 13.8. The number of rotatable bonds is 13. The second-order valence-electron chi connectivity index (χ2n) is 5.83. The van der Waals surface area contributed by atoms with E-state index in [1.807, 2.05) is 0 Å². The van der Waals surface area contributed by atoms with Crippen molar-refractivity contribution in [2.45, 2.75) is 91.6 Å². The van der Waals surface area contributed by atoms with Crippen LogP contribution in [0.5, 0.6) is 0 Å². The summed E-state index contributed by atoms with van der Waals surface area (Å²) in [6.45, 7) is 8.71. The Morgan fingerprint density at radius 1 is 1.00 bits per heavy atom. The summed E-state index contributed by atoms with van der Waals surface area (Å²) >= 11 is 0. The highest BCUT2D eigenvalue weighted by atomic mass is 31.1. The van der Waals surface area contributed by atoms with E-state index in [0.29, 0.717) is 11.8 Å². The van der Waals surface area contributed by atoms with Gasteiger partial charge in [0.25, 0.3) is 0 Å². The molecule has 0 aromatic heterocycles. The maximum atomic E-state index is 11.0. The first kappa shape index (κ1) is 20.0. The Kier molecular flexibility index (Phi) is 12.8. The molecule has 0 aliphatic rings. The normalized spacial score (nSPS) is 16.8. The van der Waals surface area contributed by atoms with Gasteiger partial charge in [-0.05, 0) is 29.2 Å². The van der Waals surface area contributed by atoms with E-state index >= 15 is 0 Å². The highest BCUT2D eigenvalue weighted by molar-refractivity contribution is 7.30. The molecule has 0 aliphatic heterocycles. The van der Waals surface area contributed by atoms with Crippen LogP contribution in [-0.2, 0) is 9.09 Å². The molecule has 0 aromatic carbocycles. The highest BCUT2D eigenvalue weighted by Gasteiger charge is 2.28. The SMILES string of the molecule is CCCCC(CC)CC(O[P+](=O)[O-])C(CC)CCCC. The lowest BCUT2D eigenvalue weighted by molar-refractivity contribution is -0.191. The van der Waals surface area contributed by atoms with Crippen molar-refractivity contribution in [3.63, 3.8) is 0 Å². The number of unbranched alkanes of at least 4 members (excludes halogenated alkanes) is 2. The molecule has 0 amide bonds. The predicted molar refractivity (Wildman–Crippen MR) is 83.7 cm³/mol. The third-order valence-electron chi connectivity index (χ3n) is 4.31. The fourth-order valence-electron chi connectivity index (χ4n) is 2.86. The van der Waals surface area contributed by atoms with Crippen molar-refractivity contribution >= 4 is 8.25 Å². The van der Waals surface area contributed by atoms with E-state index in [-0.39, 0.29) is 6.10 Å². The molecule has 0 radical (unpaired) electrons. The third-order valence-corrected chi connectivity index (χ3v) is 4.75. The molecule has 0 spiro atoms. The molecular weight excluding hydrogens is 271 g/mol. The molecule has 3 nitrogen and oxygen atoms in total. The largest absolute Gasteiger partial charge is 0.566 e. The van der Waals surface area contributed by atoms with E-state index in [0.717, 1.165) is 38.5 Å². The van der Waals surface area contributed by atoms with Crippen LogP contribution in [0.25, 0.3) is 0 Å². The van der Waals surface area contributed by atoms with Gasteiger partial charge < -0.3 is 4.89 Å².